The number of aromatic amines is 1. The summed E-state index contributed by atoms with van der Waals surface area (Å²) in [7, 11) is 0. The molecule has 5 heterocycles. The predicted octanol–water partition coefficient (Wildman–Crippen LogP) is -0.367. The van der Waals surface area contributed by atoms with Crippen molar-refractivity contribution >= 4 is 140 Å². The van der Waals surface area contributed by atoms with Crippen LogP contribution in [0.15, 0.2) is 97.2 Å². The molecule has 1 saturated carbocycles. The number of carbonyl (C=O) groups excluding carboxylic acids is 14. The molecule has 0 unspecified atom stereocenters. The van der Waals surface area contributed by atoms with Gasteiger partial charge in [-0.15, -0.1) is 0 Å². The average molecular weight is 1980 g/mol. The maximum atomic E-state index is 15.3. The zero-order valence-corrected chi connectivity index (χ0v) is 80.7. The number of guanidine groups is 2. The molecule has 28 N–H and O–H groups in total. The van der Waals surface area contributed by atoms with E-state index < -0.39 is 204 Å². The Kier molecular flexibility index (Phi) is 42.5. The first kappa shape index (κ1) is 110. The van der Waals surface area contributed by atoms with Crippen molar-refractivity contribution in [2.75, 3.05) is 59.0 Å². The van der Waals surface area contributed by atoms with E-state index in [4.69, 9.17) is 45.4 Å². The van der Waals surface area contributed by atoms with Crippen molar-refractivity contribution in [2.45, 2.75) is 278 Å². The van der Waals surface area contributed by atoms with E-state index in [2.05, 4.69) is 79.4 Å². The van der Waals surface area contributed by atoms with E-state index in [9.17, 15) is 68.1 Å². The minimum Gasteiger partial charge on any atom is -0.481 e. The number of aromatic nitrogens is 1. The molecule has 1 aliphatic carbocycles. The molecule has 1 aromatic heterocycles. The molecule has 768 valence electrons. The summed E-state index contributed by atoms with van der Waals surface area (Å²) < 4.78 is 0. The molecule has 0 spiro atoms. The maximum absolute atomic E-state index is 15.3. The number of aliphatic hydroxyl groups is 1. The Balaban J connectivity index is 0.832. The van der Waals surface area contributed by atoms with Gasteiger partial charge in [-0.05, 0) is 199 Å². The van der Waals surface area contributed by atoms with Gasteiger partial charge in [-0.2, -0.15) is 0 Å². The number of halogens is 1. The number of aliphatic carboxylic acids is 2. The highest BCUT2D eigenvalue weighted by Gasteiger charge is 2.47. The molecule has 4 saturated heterocycles. The molecule has 4 aromatic carbocycles. The van der Waals surface area contributed by atoms with Crippen molar-refractivity contribution in [1.29, 1.82) is 10.8 Å². The van der Waals surface area contributed by atoms with Crippen molar-refractivity contribution in [3.8, 4) is 0 Å². The number of hydrogen-bond acceptors (Lipinski definition) is 22. The summed E-state index contributed by atoms with van der Waals surface area (Å²) in [4.78, 5) is 240. The minimum atomic E-state index is -2.00. The number of carboxylic acid groups (broad SMARTS) is 2. The number of benzene rings is 4. The standard InChI is InChI=1S/C97H139ClN24O19/c1-55(2)46-70(113-83(128)67(32-16-42-107-97(103)104)111-87(132)73(115-81(126)64-30-14-40-105-64)50-60-53-108-69-51-61(98)36-37-63(60)69)85(130)110-66(31-15-41-106-96(101)102)82(127)109-65(28-8-10-38-99)84(129)118-75(48-57-22-12-23-57)93(138)120-43-17-33-77(120)91(136)117-74(52-80(124)125)89(134)119-76(54-123)90(135)114-71(47-56-20-4-3-5-21-56)86(131)116-72(49-59-26-13-25-58-24-6-7-27-62(58)59)88(133)112-68(29-9-11-39-100)92(137)121-44-18-34-78(121)94(139)122-45-19-35-79(122)95(140)141/h3-7,13,20-21,24-27,36-37,51,53,55,57,64-68,70-79,105,108,123H,8-12,14-19,22-23,28-35,38-50,52,54,99-100H2,1-2H3,(H,109,127)(H,110,130)(H,111,132)(H,112,133)(H,113,128)(H,114,135)(H,115,126)(H,116,131)(H,117,136)(H,118,129)(H,119,134)(H,124,125)(H,140,141)(H4,101,102,106)(H4,103,104,107)/t64-,65-,66-,67-,68-,70-,71-,72-,73-,74-,75-,76-,77-,78-,79-/m0/s1. The van der Waals surface area contributed by atoms with Crippen LogP contribution in [-0.2, 0) is 96.0 Å². The maximum Gasteiger partial charge on any atom is 0.326 e. The normalized spacial score (nSPS) is 18.6. The van der Waals surface area contributed by atoms with Gasteiger partial charge in [0.05, 0.1) is 19.1 Å². The summed E-state index contributed by atoms with van der Waals surface area (Å²) in [6, 6.07) is 5.48. The first-order chi connectivity index (χ1) is 67.6. The van der Waals surface area contributed by atoms with Gasteiger partial charge in [0, 0.05) is 74.1 Å². The number of rotatable bonds is 55. The molecule has 0 radical (unpaired) electrons. The Labute approximate surface area is 823 Å². The molecule has 14 amide bonds. The summed E-state index contributed by atoms with van der Waals surface area (Å²) in [5.74, 6) is -15.6. The predicted molar refractivity (Wildman–Crippen MR) is 524 cm³/mol. The van der Waals surface area contributed by atoms with Gasteiger partial charge < -0.3 is 132 Å². The molecule has 15 atom stereocenters. The second kappa shape index (κ2) is 54.6. The Morgan fingerprint density at radius 3 is 1.50 bits per heavy atom. The topological polar surface area (TPSA) is 680 Å². The third-order valence-corrected chi connectivity index (χ3v) is 26.7. The number of carboxylic acids is 2. The van der Waals surface area contributed by atoms with E-state index in [0.717, 1.165) is 23.6 Å². The Morgan fingerprint density at radius 2 is 0.929 bits per heavy atom. The largest absolute Gasteiger partial charge is 0.481 e. The molecular weight excluding hydrogens is 1840 g/mol. The Bertz CT molecular complexity index is 5210. The highest BCUT2D eigenvalue weighted by atomic mass is 35.5. The number of nitrogens with zero attached hydrogens (tertiary/aromatic N) is 3. The van der Waals surface area contributed by atoms with Crippen LogP contribution in [0, 0.1) is 22.7 Å². The third kappa shape index (κ3) is 32.5. The summed E-state index contributed by atoms with van der Waals surface area (Å²) in [6.07, 6.45) is 6.48. The quantitative estimate of drug-likeness (QED) is 0.0134. The van der Waals surface area contributed by atoms with Crippen LogP contribution in [-0.4, -0.2) is 291 Å². The molecule has 0 bridgehead atoms. The summed E-state index contributed by atoms with van der Waals surface area (Å²) in [5, 5.41) is 88.0. The lowest BCUT2D eigenvalue weighted by molar-refractivity contribution is -0.152. The lowest BCUT2D eigenvalue weighted by atomic mass is 9.80. The van der Waals surface area contributed by atoms with E-state index in [1.54, 1.807) is 86.8 Å². The van der Waals surface area contributed by atoms with Crippen LogP contribution in [0.1, 0.15) is 185 Å². The fourth-order valence-electron chi connectivity index (χ4n) is 18.8. The van der Waals surface area contributed by atoms with Crippen molar-refractivity contribution in [3.63, 3.8) is 0 Å². The van der Waals surface area contributed by atoms with E-state index in [0.29, 0.717) is 90.5 Å². The number of H-pyrrole nitrogens is 1. The number of nitrogens with one attached hydrogen (secondary N) is 17. The van der Waals surface area contributed by atoms with E-state index in [-0.39, 0.29) is 166 Å². The van der Waals surface area contributed by atoms with Gasteiger partial charge in [0.1, 0.15) is 84.6 Å². The van der Waals surface area contributed by atoms with Crippen molar-refractivity contribution in [3.05, 3.63) is 119 Å². The first-order valence-corrected chi connectivity index (χ1v) is 49.4. The minimum absolute atomic E-state index is 0.0144. The van der Waals surface area contributed by atoms with Crippen LogP contribution >= 0.6 is 11.6 Å². The van der Waals surface area contributed by atoms with Crippen LogP contribution < -0.4 is 97.4 Å². The number of fused-ring (bicyclic) bond motifs is 2. The van der Waals surface area contributed by atoms with Crippen molar-refractivity contribution in [2.24, 2.45) is 34.8 Å². The van der Waals surface area contributed by atoms with Crippen molar-refractivity contribution in [1.82, 2.24) is 94.1 Å². The van der Waals surface area contributed by atoms with Crippen LogP contribution in [0.5, 0.6) is 0 Å². The highest BCUT2D eigenvalue weighted by Crippen LogP contribution is 2.33. The average Bonchev–Trinajstić information content (AvgIpc) is 1.65. The molecule has 44 heteroatoms. The SMILES string of the molecule is CC(C)C[C@H](NC(=O)[C@H](CCCNC(=N)N)NC(=O)[C@H](Cc1c[nH]c2cc(Cl)ccc12)NC(=O)[C@@H]1CCCN1)C(=O)N[C@@H](CCCNC(=N)N)C(=O)N[C@@H](CCCCN)C(=O)N[C@@H](CC1CCC1)C(=O)N1CCC[C@H]1C(=O)N[C@@H](CC(=O)O)C(=O)N[C@@H](CO)C(=O)N[C@@H](Cc1ccccc1)C(=O)N[C@@H](Cc1cccc2ccccc12)C(=O)N[C@@H](CCCCN)C(=O)N1CCC[C@H]1C(=O)N1CCC[C@H]1C(=O)O. The first-order valence-electron chi connectivity index (χ1n) is 49.0. The fourth-order valence-corrected chi connectivity index (χ4v) is 18.9. The zero-order valence-electron chi connectivity index (χ0n) is 79.9. The van der Waals surface area contributed by atoms with Crippen LogP contribution in [0.3, 0.4) is 0 Å². The number of hydrogen-bond donors (Lipinski definition) is 24. The monoisotopic (exact) mass is 1980 g/mol. The molecule has 4 aliphatic heterocycles. The van der Waals surface area contributed by atoms with E-state index in [1.807, 2.05) is 24.3 Å². The van der Waals surface area contributed by atoms with Gasteiger partial charge in [0.15, 0.2) is 11.9 Å². The number of unbranched alkanes of at least 4 members (excludes halogenated alkanes) is 2. The van der Waals surface area contributed by atoms with Crippen molar-refractivity contribution < 1.29 is 92.0 Å². The summed E-state index contributed by atoms with van der Waals surface area (Å²) >= 11 is 6.31. The summed E-state index contributed by atoms with van der Waals surface area (Å²) in [5.41, 5.74) is 25.5. The molecule has 5 aliphatic rings. The summed E-state index contributed by atoms with van der Waals surface area (Å²) in [6.45, 7) is 3.79. The number of likely N-dealkylation sites (tertiary alicyclic amines) is 3. The van der Waals surface area contributed by atoms with Gasteiger partial charge in [-0.3, -0.25) is 82.7 Å². The number of carbonyl (C=O) groups is 16. The van der Waals surface area contributed by atoms with Gasteiger partial charge >= 0.3 is 11.9 Å². The molecule has 43 nitrogen and oxygen atoms in total. The van der Waals surface area contributed by atoms with Crippen LogP contribution in [0.2, 0.25) is 5.02 Å². The number of amides is 14. The van der Waals surface area contributed by atoms with Gasteiger partial charge in [-0.1, -0.05) is 124 Å². The fraction of sp³-hybridized carbons (Fsp3) is 0.567. The van der Waals surface area contributed by atoms with Gasteiger partial charge in [-0.25, -0.2) is 4.79 Å². The lowest BCUT2D eigenvalue weighted by Crippen LogP contribution is -2.61. The number of aliphatic hydroxyl groups excluding tert-OH is 1. The molecule has 5 aromatic rings. The lowest BCUT2D eigenvalue weighted by Gasteiger charge is -2.34. The second-order valence-electron chi connectivity index (χ2n) is 37.4. The van der Waals surface area contributed by atoms with Crippen LogP contribution in [0.4, 0.5) is 0 Å². The molecule has 5 fully saturated rings. The highest BCUT2D eigenvalue weighted by molar-refractivity contribution is 6.31. The Hall–Kier alpha value is -13.1. The third-order valence-electron chi connectivity index (χ3n) is 26.4. The Morgan fingerprint density at radius 1 is 0.454 bits per heavy atom. The van der Waals surface area contributed by atoms with Gasteiger partial charge in [0.2, 0.25) is 82.7 Å². The van der Waals surface area contributed by atoms with Crippen LogP contribution in [0.25, 0.3) is 21.7 Å². The molecule has 10 rings (SSSR count). The van der Waals surface area contributed by atoms with Gasteiger partial charge in [0.25, 0.3) is 0 Å². The number of nitrogens with two attached hydrogens (primary N) is 4. The van der Waals surface area contributed by atoms with E-state index in [1.165, 1.54) is 14.7 Å². The smallest absolute Gasteiger partial charge is 0.326 e. The molecular formula is C97H139ClN24O19. The van der Waals surface area contributed by atoms with E-state index >= 15 is 24.0 Å². The molecule has 141 heavy (non-hydrogen) atoms. The zero-order chi connectivity index (χ0) is 102. The second-order valence-corrected chi connectivity index (χ2v) is 37.9.